The molecule has 1 aliphatic rings. The van der Waals surface area contributed by atoms with Crippen molar-refractivity contribution in [2.45, 2.75) is 0 Å². The van der Waals surface area contributed by atoms with Gasteiger partial charge in [-0.2, -0.15) is 0 Å². The molecule has 2 rings (SSSR count). The lowest BCUT2D eigenvalue weighted by molar-refractivity contribution is -0.115. The van der Waals surface area contributed by atoms with Gasteiger partial charge in [0.05, 0.1) is 20.8 Å². The molecule has 0 saturated carbocycles. The monoisotopic (exact) mass is 292 g/mol. The Balaban J connectivity index is 2.04. The Bertz CT molecular complexity index is 555. The third kappa shape index (κ3) is 3.77. The van der Waals surface area contributed by atoms with E-state index in [1.807, 2.05) is 12.1 Å². The zero-order chi connectivity index (χ0) is 14.4. The highest BCUT2D eigenvalue weighted by atomic mass is 32.2. The highest BCUT2D eigenvalue weighted by Crippen LogP contribution is 2.25. The molecule has 1 heterocycles. The van der Waals surface area contributed by atoms with Gasteiger partial charge in [-0.05, 0) is 18.2 Å². The summed E-state index contributed by atoms with van der Waals surface area (Å²) in [5, 5.41) is 3.41. The molecular formula is C14H16N2O3S. The van der Waals surface area contributed by atoms with E-state index in [-0.39, 0.29) is 5.91 Å². The number of nitrogens with one attached hydrogen (secondary N) is 1. The number of aliphatic imine (C=N–C) groups is 1. The summed E-state index contributed by atoms with van der Waals surface area (Å²) < 4.78 is 10.4. The molecule has 1 N–H and O–H groups in total. The highest BCUT2D eigenvalue weighted by molar-refractivity contribution is 8.14. The Morgan fingerprint density at radius 1 is 1.40 bits per heavy atom. The number of carbonyl (C=O) groups excluding carboxylic acids is 1. The van der Waals surface area contributed by atoms with Gasteiger partial charge in [0, 0.05) is 23.5 Å². The van der Waals surface area contributed by atoms with Gasteiger partial charge in [0.2, 0.25) is 5.91 Å². The van der Waals surface area contributed by atoms with Crippen LogP contribution in [-0.2, 0) is 4.79 Å². The molecule has 0 unspecified atom stereocenters. The summed E-state index contributed by atoms with van der Waals surface area (Å²) >= 11 is 1.55. The van der Waals surface area contributed by atoms with Crippen LogP contribution in [0, 0.1) is 0 Å². The zero-order valence-corrected chi connectivity index (χ0v) is 12.2. The maximum absolute atomic E-state index is 11.7. The number of benzene rings is 1. The molecule has 106 valence electrons. The number of hydrogen-bond acceptors (Lipinski definition) is 5. The lowest BCUT2D eigenvalue weighted by Crippen LogP contribution is -2.25. The van der Waals surface area contributed by atoms with Crippen molar-refractivity contribution >= 4 is 28.9 Å². The van der Waals surface area contributed by atoms with Gasteiger partial charge in [0.25, 0.3) is 0 Å². The Morgan fingerprint density at radius 3 is 2.90 bits per heavy atom. The van der Waals surface area contributed by atoms with Crippen molar-refractivity contribution in [1.82, 2.24) is 5.32 Å². The predicted molar refractivity (Wildman–Crippen MR) is 81.5 cm³/mol. The number of methoxy groups -OCH3 is 2. The van der Waals surface area contributed by atoms with Gasteiger partial charge in [-0.1, -0.05) is 11.8 Å². The SMILES string of the molecule is COc1ccc(C=CC(=O)NC2=NCCS2)c(OC)c1. The van der Waals surface area contributed by atoms with E-state index < -0.39 is 0 Å². The van der Waals surface area contributed by atoms with Gasteiger partial charge >= 0.3 is 0 Å². The highest BCUT2D eigenvalue weighted by Gasteiger charge is 2.09. The average molecular weight is 292 g/mol. The average Bonchev–Trinajstić information content (AvgIpc) is 2.97. The van der Waals surface area contributed by atoms with Crippen LogP contribution in [0.5, 0.6) is 11.5 Å². The first-order valence-corrected chi connectivity index (χ1v) is 7.10. The third-order valence-electron chi connectivity index (χ3n) is 2.67. The van der Waals surface area contributed by atoms with Crippen molar-refractivity contribution < 1.29 is 14.3 Å². The van der Waals surface area contributed by atoms with Crippen LogP contribution in [0.1, 0.15) is 5.56 Å². The molecule has 20 heavy (non-hydrogen) atoms. The lowest BCUT2D eigenvalue weighted by Gasteiger charge is -2.07. The second-order valence-corrected chi connectivity index (χ2v) is 5.05. The third-order valence-corrected chi connectivity index (χ3v) is 3.56. The standard InChI is InChI=1S/C14H16N2O3S/c1-18-11-5-3-10(12(9-11)19-2)4-6-13(17)16-14-15-7-8-20-14/h3-6,9H,7-8H2,1-2H3,(H,15,16,17). The van der Waals surface area contributed by atoms with Crippen molar-refractivity contribution in [3.63, 3.8) is 0 Å². The smallest absolute Gasteiger partial charge is 0.249 e. The van der Waals surface area contributed by atoms with E-state index in [1.165, 1.54) is 6.08 Å². The van der Waals surface area contributed by atoms with Crippen LogP contribution in [-0.4, -0.2) is 37.6 Å². The van der Waals surface area contributed by atoms with Crippen molar-refractivity contribution in [2.75, 3.05) is 26.5 Å². The van der Waals surface area contributed by atoms with Crippen LogP contribution in [0.2, 0.25) is 0 Å². The first kappa shape index (κ1) is 14.5. The number of amides is 1. The van der Waals surface area contributed by atoms with Crippen molar-refractivity contribution in [1.29, 1.82) is 0 Å². The van der Waals surface area contributed by atoms with E-state index in [9.17, 15) is 4.79 Å². The number of hydrogen-bond donors (Lipinski definition) is 1. The van der Waals surface area contributed by atoms with Crippen molar-refractivity contribution in [3.8, 4) is 11.5 Å². The second-order valence-electron chi connectivity index (χ2n) is 3.97. The number of amidine groups is 1. The van der Waals surface area contributed by atoms with Gasteiger partial charge < -0.3 is 14.8 Å². The predicted octanol–water partition coefficient (Wildman–Crippen LogP) is 1.94. The molecule has 0 aromatic heterocycles. The molecule has 0 fully saturated rings. The Kier molecular flexibility index (Phi) is 5.06. The van der Waals surface area contributed by atoms with Gasteiger partial charge in [-0.15, -0.1) is 0 Å². The summed E-state index contributed by atoms with van der Waals surface area (Å²) in [4.78, 5) is 15.9. The Hall–Kier alpha value is -1.95. The summed E-state index contributed by atoms with van der Waals surface area (Å²) in [6.07, 6.45) is 3.17. The number of nitrogens with zero attached hydrogens (tertiary/aromatic N) is 1. The summed E-state index contributed by atoms with van der Waals surface area (Å²) in [5.74, 6) is 2.09. The molecule has 1 aromatic rings. The summed E-state index contributed by atoms with van der Waals surface area (Å²) in [5.41, 5.74) is 0.810. The molecule has 0 saturated heterocycles. The molecule has 0 bridgehead atoms. The Morgan fingerprint density at radius 2 is 2.25 bits per heavy atom. The minimum absolute atomic E-state index is 0.198. The number of rotatable bonds is 4. The molecule has 1 amide bonds. The minimum Gasteiger partial charge on any atom is -0.497 e. The van der Waals surface area contributed by atoms with E-state index >= 15 is 0 Å². The second kappa shape index (κ2) is 7.00. The quantitative estimate of drug-likeness (QED) is 0.862. The molecule has 0 aliphatic carbocycles. The van der Waals surface area contributed by atoms with Crippen LogP contribution < -0.4 is 14.8 Å². The lowest BCUT2D eigenvalue weighted by atomic mass is 10.1. The van der Waals surface area contributed by atoms with E-state index in [1.54, 1.807) is 38.1 Å². The van der Waals surface area contributed by atoms with Crippen LogP contribution in [0.4, 0.5) is 0 Å². The van der Waals surface area contributed by atoms with Gasteiger partial charge in [-0.3, -0.25) is 9.79 Å². The Labute approximate surface area is 122 Å². The summed E-state index contributed by atoms with van der Waals surface area (Å²) in [6.45, 7) is 0.760. The molecule has 6 heteroatoms. The molecule has 5 nitrogen and oxygen atoms in total. The van der Waals surface area contributed by atoms with Crippen molar-refractivity contribution in [3.05, 3.63) is 29.8 Å². The van der Waals surface area contributed by atoms with Gasteiger partial charge in [0.1, 0.15) is 11.5 Å². The fourth-order valence-corrected chi connectivity index (χ4v) is 2.41. The maximum Gasteiger partial charge on any atom is 0.249 e. The topological polar surface area (TPSA) is 59.9 Å². The normalized spacial score (nSPS) is 14.2. The summed E-state index contributed by atoms with van der Waals surface area (Å²) in [7, 11) is 3.17. The fourth-order valence-electron chi connectivity index (χ4n) is 1.68. The van der Waals surface area contributed by atoms with Gasteiger partial charge in [-0.25, -0.2) is 0 Å². The van der Waals surface area contributed by atoms with Crippen LogP contribution in [0.25, 0.3) is 6.08 Å². The van der Waals surface area contributed by atoms with Gasteiger partial charge in [0.15, 0.2) is 5.17 Å². The zero-order valence-electron chi connectivity index (χ0n) is 11.4. The molecule has 0 radical (unpaired) electrons. The van der Waals surface area contributed by atoms with E-state index in [0.717, 1.165) is 17.9 Å². The molecule has 0 atom stereocenters. The minimum atomic E-state index is -0.198. The van der Waals surface area contributed by atoms with Crippen molar-refractivity contribution in [2.24, 2.45) is 4.99 Å². The molecule has 0 spiro atoms. The fraction of sp³-hybridized carbons (Fsp3) is 0.286. The van der Waals surface area contributed by atoms with E-state index in [0.29, 0.717) is 16.7 Å². The first-order valence-electron chi connectivity index (χ1n) is 6.11. The van der Waals surface area contributed by atoms with Crippen LogP contribution in [0.3, 0.4) is 0 Å². The first-order chi connectivity index (χ1) is 9.72. The summed E-state index contributed by atoms with van der Waals surface area (Å²) in [6, 6.07) is 5.43. The largest absolute Gasteiger partial charge is 0.497 e. The molecular weight excluding hydrogens is 276 g/mol. The van der Waals surface area contributed by atoms with E-state index in [4.69, 9.17) is 9.47 Å². The number of carbonyl (C=O) groups is 1. The maximum atomic E-state index is 11.7. The number of thioether (sulfide) groups is 1. The van der Waals surface area contributed by atoms with Crippen LogP contribution in [0.15, 0.2) is 29.3 Å². The molecule has 1 aliphatic heterocycles. The number of ether oxygens (including phenoxy) is 2. The van der Waals surface area contributed by atoms with Crippen LogP contribution >= 0.6 is 11.8 Å². The molecule has 1 aromatic carbocycles. The van der Waals surface area contributed by atoms with E-state index in [2.05, 4.69) is 10.3 Å².